The summed E-state index contributed by atoms with van der Waals surface area (Å²) >= 11 is 0. The summed E-state index contributed by atoms with van der Waals surface area (Å²) in [6.45, 7) is 3.11. The number of ether oxygens (including phenoxy) is 1. The van der Waals surface area contributed by atoms with Crippen molar-refractivity contribution in [1.29, 1.82) is 0 Å². The zero-order valence-corrected chi connectivity index (χ0v) is 13.2. The molecule has 1 N–H and O–H groups in total. The van der Waals surface area contributed by atoms with Crippen molar-refractivity contribution < 1.29 is 13.9 Å². The topological polar surface area (TPSA) is 67.4 Å². The van der Waals surface area contributed by atoms with Gasteiger partial charge in [0.25, 0.3) is 0 Å². The molecule has 0 unspecified atom stereocenters. The van der Waals surface area contributed by atoms with E-state index in [2.05, 4.69) is 15.3 Å². The Kier molecular flexibility index (Phi) is 5.32. The van der Waals surface area contributed by atoms with Gasteiger partial charge in [-0.2, -0.15) is 0 Å². The summed E-state index contributed by atoms with van der Waals surface area (Å²) in [7, 11) is 0. The summed E-state index contributed by atoms with van der Waals surface area (Å²) in [6, 6.07) is 8.03. The predicted octanol–water partition coefficient (Wildman–Crippen LogP) is 1.31. The number of benzene rings is 1. The fourth-order valence-electron chi connectivity index (χ4n) is 2.47. The van der Waals surface area contributed by atoms with Crippen LogP contribution in [0.5, 0.6) is 0 Å². The van der Waals surface area contributed by atoms with Gasteiger partial charge in [0, 0.05) is 19.3 Å². The predicted molar refractivity (Wildman–Crippen MR) is 87.0 cm³/mol. The number of nitrogens with zero attached hydrogens (tertiary/aromatic N) is 3. The number of morpholine rings is 1. The second-order valence-electron chi connectivity index (χ2n) is 5.49. The highest BCUT2D eigenvalue weighted by Gasteiger charge is 2.14. The minimum Gasteiger partial charge on any atom is -0.378 e. The highest BCUT2D eigenvalue weighted by molar-refractivity contribution is 5.78. The van der Waals surface area contributed by atoms with E-state index in [1.807, 2.05) is 4.90 Å². The molecule has 0 atom stereocenters. The van der Waals surface area contributed by atoms with Crippen molar-refractivity contribution >= 4 is 11.9 Å². The Bertz CT molecular complexity index is 704. The molecule has 1 aliphatic heterocycles. The third-order valence-corrected chi connectivity index (χ3v) is 3.77. The van der Waals surface area contributed by atoms with E-state index in [0.717, 1.165) is 13.1 Å². The van der Waals surface area contributed by atoms with E-state index in [4.69, 9.17) is 4.74 Å². The van der Waals surface area contributed by atoms with Gasteiger partial charge in [0.15, 0.2) is 0 Å². The lowest BCUT2D eigenvalue weighted by atomic mass is 10.1. The van der Waals surface area contributed by atoms with Crippen molar-refractivity contribution in [3.63, 3.8) is 0 Å². The Labute approximate surface area is 139 Å². The average molecular weight is 330 g/mol. The molecule has 6 nitrogen and oxygen atoms in total. The molecule has 1 saturated heterocycles. The van der Waals surface area contributed by atoms with Gasteiger partial charge in [-0.3, -0.25) is 4.79 Å². The number of rotatable bonds is 5. The molecule has 1 aliphatic rings. The van der Waals surface area contributed by atoms with Gasteiger partial charge in [-0.15, -0.1) is 0 Å². The minimum absolute atomic E-state index is 0.00801. The van der Waals surface area contributed by atoms with Gasteiger partial charge in [-0.25, -0.2) is 14.4 Å². The molecule has 0 bridgehead atoms. The molecule has 126 valence electrons. The molecule has 0 aliphatic carbocycles. The molecule has 3 rings (SSSR count). The van der Waals surface area contributed by atoms with Gasteiger partial charge in [0.1, 0.15) is 5.82 Å². The van der Waals surface area contributed by atoms with Crippen LogP contribution in [0.2, 0.25) is 0 Å². The molecule has 24 heavy (non-hydrogen) atoms. The van der Waals surface area contributed by atoms with Gasteiger partial charge in [0.05, 0.1) is 31.9 Å². The van der Waals surface area contributed by atoms with E-state index in [1.165, 1.54) is 6.07 Å². The maximum Gasteiger partial charge on any atom is 0.225 e. The van der Waals surface area contributed by atoms with Crippen LogP contribution in [0.4, 0.5) is 10.3 Å². The molecule has 0 saturated carbocycles. The maximum atomic E-state index is 13.6. The fourth-order valence-corrected chi connectivity index (χ4v) is 2.47. The van der Waals surface area contributed by atoms with Gasteiger partial charge < -0.3 is 15.0 Å². The van der Waals surface area contributed by atoms with E-state index in [1.54, 1.807) is 30.5 Å². The lowest BCUT2D eigenvalue weighted by Crippen LogP contribution is -2.37. The SMILES string of the molecule is O=C(Cc1ccccc1F)NCc1ccnc(N2CCOCC2)n1. The smallest absolute Gasteiger partial charge is 0.225 e. The van der Waals surface area contributed by atoms with Crippen LogP contribution in [0.1, 0.15) is 11.3 Å². The number of hydrogen-bond acceptors (Lipinski definition) is 5. The van der Waals surface area contributed by atoms with Gasteiger partial charge >= 0.3 is 0 Å². The van der Waals surface area contributed by atoms with Crippen LogP contribution in [-0.4, -0.2) is 42.2 Å². The molecule has 0 spiro atoms. The van der Waals surface area contributed by atoms with Crippen molar-refractivity contribution in [1.82, 2.24) is 15.3 Å². The molecule has 1 aromatic carbocycles. The quantitative estimate of drug-likeness (QED) is 0.895. The Morgan fingerprint density at radius 3 is 2.83 bits per heavy atom. The molecule has 2 aromatic rings. The summed E-state index contributed by atoms with van der Waals surface area (Å²) in [5, 5.41) is 2.77. The van der Waals surface area contributed by atoms with Crippen molar-refractivity contribution in [3.05, 3.63) is 53.6 Å². The first-order valence-electron chi connectivity index (χ1n) is 7.87. The summed E-state index contributed by atoms with van der Waals surface area (Å²) in [5.41, 5.74) is 1.10. The average Bonchev–Trinajstić information content (AvgIpc) is 2.63. The number of halogens is 1. The lowest BCUT2D eigenvalue weighted by Gasteiger charge is -2.26. The van der Waals surface area contributed by atoms with Crippen LogP contribution in [-0.2, 0) is 22.5 Å². The second kappa shape index (κ2) is 7.83. The first-order chi connectivity index (χ1) is 11.7. The monoisotopic (exact) mass is 330 g/mol. The van der Waals surface area contributed by atoms with E-state index in [9.17, 15) is 9.18 Å². The molecular formula is C17H19FN4O2. The van der Waals surface area contributed by atoms with Crippen molar-refractivity contribution in [2.45, 2.75) is 13.0 Å². The summed E-state index contributed by atoms with van der Waals surface area (Å²) in [5.74, 6) is 0.0232. The van der Waals surface area contributed by atoms with Crippen LogP contribution >= 0.6 is 0 Å². The number of carbonyl (C=O) groups is 1. The molecule has 0 radical (unpaired) electrons. The molecule has 1 fully saturated rings. The van der Waals surface area contributed by atoms with Crippen LogP contribution < -0.4 is 10.2 Å². The third-order valence-electron chi connectivity index (χ3n) is 3.77. The molecular weight excluding hydrogens is 311 g/mol. The highest BCUT2D eigenvalue weighted by atomic mass is 19.1. The van der Waals surface area contributed by atoms with E-state index in [-0.39, 0.29) is 24.7 Å². The van der Waals surface area contributed by atoms with Crippen molar-refractivity contribution in [2.75, 3.05) is 31.2 Å². The van der Waals surface area contributed by atoms with Crippen LogP contribution in [0.15, 0.2) is 36.5 Å². The van der Waals surface area contributed by atoms with Crippen LogP contribution in [0.25, 0.3) is 0 Å². The normalized spacial score (nSPS) is 14.5. The number of aromatic nitrogens is 2. The zero-order valence-electron chi connectivity index (χ0n) is 13.2. The summed E-state index contributed by atoms with van der Waals surface area (Å²) in [6.07, 6.45) is 1.68. The zero-order chi connectivity index (χ0) is 16.8. The van der Waals surface area contributed by atoms with Crippen LogP contribution in [0, 0.1) is 5.82 Å². The van der Waals surface area contributed by atoms with Gasteiger partial charge in [-0.1, -0.05) is 18.2 Å². The van der Waals surface area contributed by atoms with Crippen molar-refractivity contribution in [3.8, 4) is 0 Å². The molecule has 2 heterocycles. The Balaban J connectivity index is 1.56. The standard InChI is InChI=1S/C17H19FN4O2/c18-15-4-2-1-3-13(15)11-16(23)20-12-14-5-6-19-17(21-14)22-7-9-24-10-8-22/h1-6H,7-12H2,(H,20,23). The first-order valence-corrected chi connectivity index (χ1v) is 7.87. The van der Waals surface area contributed by atoms with E-state index in [0.29, 0.717) is 30.4 Å². The summed E-state index contributed by atoms with van der Waals surface area (Å²) in [4.78, 5) is 22.8. The first kappa shape index (κ1) is 16.3. The molecule has 1 amide bonds. The number of carbonyl (C=O) groups excluding carboxylic acids is 1. The highest BCUT2D eigenvalue weighted by Crippen LogP contribution is 2.10. The fraction of sp³-hybridized carbons (Fsp3) is 0.353. The Morgan fingerprint density at radius 2 is 2.04 bits per heavy atom. The van der Waals surface area contributed by atoms with E-state index >= 15 is 0 Å². The molecule has 1 aromatic heterocycles. The number of amides is 1. The number of nitrogens with one attached hydrogen (secondary N) is 1. The van der Waals surface area contributed by atoms with Crippen LogP contribution in [0.3, 0.4) is 0 Å². The van der Waals surface area contributed by atoms with Gasteiger partial charge in [-0.05, 0) is 17.7 Å². The Morgan fingerprint density at radius 1 is 1.25 bits per heavy atom. The number of hydrogen-bond donors (Lipinski definition) is 1. The third kappa shape index (κ3) is 4.26. The second-order valence-corrected chi connectivity index (χ2v) is 5.49. The minimum atomic E-state index is -0.371. The van der Waals surface area contributed by atoms with Crippen molar-refractivity contribution in [2.24, 2.45) is 0 Å². The maximum absolute atomic E-state index is 13.6. The largest absolute Gasteiger partial charge is 0.378 e. The lowest BCUT2D eigenvalue weighted by molar-refractivity contribution is -0.120. The number of anilines is 1. The summed E-state index contributed by atoms with van der Waals surface area (Å²) < 4.78 is 18.9. The Hall–Kier alpha value is -2.54. The molecule has 7 heteroatoms. The van der Waals surface area contributed by atoms with E-state index < -0.39 is 0 Å². The van der Waals surface area contributed by atoms with Gasteiger partial charge in [0.2, 0.25) is 11.9 Å².